The molecule has 4 nitrogen and oxygen atoms in total. The zero-order valence-electron chi connectivity index (χ0n) is 11.4. The molecule has 100 valence electrons. The first-order chi connectivity index (χ1) is 8.68. The largest absolute Gasteiger partial charge is 0.383 e. The molecule has 2 rings (SSSR count). The second-order valence-corrected chi connectivity index (χ2v) is 5.54. The maximum absolute atomic E-state index is 5.93. The third-order valence-corrected chi connectivity index (χ3v) is 3.81. The lowest BCUT2D eigenvalue weighted by Gasteiger charge is -2.16. The number of anilines is 2. The van der Waals surface area contributed by atoms with E-state index in [1.165, 1.54) is 32.1 Å². The predicted octanol–water partition coefficient (Wildman–Crippen LogP) is 3.17. The van der Waals surface area contributed by atoms with Crippen molar-refractivity contribution >= 4 is 11.6 Å². The Balaban J connectivity index is 1.93. The minimum Gasteiger partial charge on any atom is -0.383 e. The molecule has 0 unspecified atom stereocenters. The summed E-state index contributed by atoms with van der Waals surface area (Å²) in [5, 5.41) is 3.43. The SMILES string of the molecule is CC(C)c1c(N)ncnc1NCCC1CCCC1. The predicted molar refractivity (Wildman–Crippen MR) is 75.6 cm³/mol. The average molecular weight is 248 g/mol. The van der Waals surface area contributed by atoms with Crippen molar-refractivity contribution in [3.63, 3.8) is 0 Å². The highest BCUT2D eigenvalue weighted by atomic mass is 15.0. The highest BCUT2D eigenvalue weighted by Gasteiger charge is 2.16. The van der Waals surface area contributed by atoms with E-state index in [1.54, 1.807) is 6.33 Å². The molecule has 0 aromatic carbocycles. The Morgan fingerprint density at radius 2 is 2.06 bits per heavy atom. The molecular weight excluding hydrogens is 224 g/mol. The molecule has 1 heterocycles. The Hall–Kier alpha value is -1.32. The molecule has 0 amide bonds. The van der Waals surface area contributed by atoms with Gasteiger partial charge < -0.3 is 11.1 Å². The lowest BCUT2D eigenvalue weighted by Crippen LogP contribution is -2.12. The Kier molecular flexibility index (Phi) is 4.39. The van der Waals surface area contributed by atoms with Gasteiger partial charge in [-0.25, -0.2) is 9.97 Å². The molecule has 18 heavy (non-hydrogen) atoms. The Bertz CT molecular complexity index is 383. The molecule has 1 aromatic rings. The number of hydrogen-bond acceptors (Lipinski definition) is 4. The molecule has 0 aliphatic heterocycles. The van der Waals surface area contributed by atoms with E-state index >= 15 is 0 Å². The van der Waals surface area contributed by atoms with Crippen molar-refractivity contribution < 1.29 is 0 Å². The van der Waals surface area contributed by atoms with Gasteiger partial charge in [-0.05, 0) is 18.3 Å². The van der Waals surface area contributed by atoms with E-state index in [0.29, 0.717) is 11.7 Å². The molecule has 0 saturated heterocycles. The zero-order chi connectivity index (χ0) is 13.0. The van der Waals surface area contributed by atoms with E-state index in [2.05, 4.69) is 29.1 Å². The highest BCUT2D eigenvalue weighted by molar-refractivity contribution is 5.56. The van der Waals surface area contributed by atoms with E-state index in [0.717, 1.165) is 23.8 Å². The number of aromatic nitrogens is 2. The molecule has 1 saturated carbocycles. The van der Waals surface area contributed by atoms with Crippen LogP contribution in [0.5, 0.6) is 0 Å². The summed E-state index contributed by atoms with van der Waals surface area (Å²) in [5.41, 5.74) is 6.97. The summed E-state index contributed by atoms with van der Waals surface area (Å²) in [5.74, 6) is 2.76. The quantitative estimate of drug-likeness (QED) is 0.840. The third-order valence-electron chi connectivity index (χ3n) is 3.81. The molecule has 1 aliphatic rings. The van der Waals surface area contributed by atoms with Gasteiger partial charge in [0.2, 0.25) is 0 Å². The van der Waals surface area contributed by atoms with Crippen LogP contribution in [0.4, 0.5) is 11.6 Å². The first kappa shape index (κ1) is 13.1. The van der Waals surface area contributed by atoms with Crippen molar-refractivity contribution in [3.05, 3.63) is 11.9 Å². The van der Waals surface area contributed by atoms with E-state index in [4.69, 9.17) is 5.73 Å². The number of nitrogens with two attached hydrogens (primary N) is 1. The van der Waals surface area contributed by atoms with E-state index in [1.807, 2.05) is 0 Å². The lowest BCUT2D eigenvalue weighted by atomic mass is 10.0. The van der Waals surface area contributed by atoms with E-state index in [9.17, 15) is 0 Å². The van der Waals surface area contributed by atoms with Crippen molar-refractivity contribution in [2.24, 2.45) is 5.92 Å². The molecule has 1 fully saturated rings. The molecule has 0 atom stereocenters. The summed E-state index contributed by atoms with van der Waals surface area (Å²) in [6, 6.07) is 0. The van der Waals surface area contributed by atoms with Crippen LogP contribution in [0, 0.1) is 5.92 Å². The fourth-order valence-corrected chi connectivity index (χ4v) is 2.81. The zero-order valence-corrected chi connectivity index (χ0v) is 11.4. The minimum absolute atomic E-state index is 0.347. The number of nitrogens with one attached hydrogen (secondary N) is 1. The van der Waals surface area contributed by atoms with Gasteiger partial charge in [0.1, 0.15) is 18.0 Å². The van der Waals surface area contributed by atoms with Crippen LogP contribution in [0.15, 0.2) is 6.33 Å². The summed E-state index contributed by atoms with van der Waals surface area (Å²) >= 11 is 0. The standard InChI is InChI=1S/C14H24N4/c1-10(2)12-13(15)17-9-18-14(12)16-8-7-11-5-3-4-6-11/h9-11H,3-8H2,1-2H3,(H3,15,16,17,18). The van der Waals surface area contributed by atoms with Gasteiger partial charge in [-0.3, -0.25) is 0 Å². The van der Waals surface area contributed by atoms with Crippen molar-refractivity contribution in [1.29, 1.82) is 0 Å². The van der Waals surface area contributed by atoms with Crippen LogP contribution in [-0.4, -0.2) is 16.5 Å². The molecule has 1 aromatic heterocycles. The van der Waals surface area contributed by atoms with Gasteiger partial charge in [0.15, 0.2) is 0 Å². The Morgan fingerprint density at radius 1 is 1.33 bits per heavy atom. The van der Waals surface area contributed by atoms with Gasteiger partial charge in [0, 0.05) is 12.1 Å². The van der Waals surface area contributed by atoms with Crippen LogP contribution in [0.1, 0.15) is 57.4 Å². The highest BCUT2D eigenvalue weighted by Crippen LogP contribution is 2.29. The van der Waals surface area contributed by atoms with Crippen LogP contribution in [0.3, 0.4) is 0 Å². The molecule has 0 radical (unpaired) electrons. The maximum atomic E-state index is 5.93. The van der Waals surface area contributed by atoms with E-state index < -0.39 is 0 Å². The van der Waals surface area contributed by atoms with Crippen LogP contribution in [-0.2, 0) is 0 Å². The van der Waals surface area contributed by atoms with Crippen LogP contribution < -0.4 is 11.1 Å². The second-order valence-electron chi connectivity index (χ2n) is 5.54. The molecule has 4 heteroatoms. The van der Waals surface area contributed by atoms with Gasteiger partial charge in [-0.2, -0.15) is 0 Å². The topological polar surface area (TPSA) is 63.8 Å². The monoisotopic (exact) mass is 248 g/mol. The van der Waals surface area contributed by atoms with Crippen molar-refractivity contribution in [2.45, 2.75) is 51.9 Å². The minimum atomic E-state index is 0.347. The second kappa shape index (κ2) is 6.03. The van der Waals surface area contributed by atoms with Crippen LogP contribution >= 0.6 is 0 Å². The number of nitrogens with zero attached hydrogens (tertiary/aromatic N) is 2. The Labute approximate surface area is 109 Å². The lowest BCUT2D eigenvalue weighted by molar-refractivity contribution is 0.518. The number of rotatable bonds is 5. The maximum Gasteiger partial charge on any atom is 0.134 e. The molecule has 3 N–H and O–H groups in total. The van der Waals surface area contributed by atoms with E-state index in [-0.39, 0.29) is 0 Å². The number of nitrogen functional groups attached to an aromatic ring is 1. The summed E-state index contributed by atoms with van der Waals surface area (Å²) in [4.78, 5) is 8.40. The summed E-state index contributed by atoms with van der Waals surface area (Å²) in [7, 11) is 0. The average Bonchev–Trinajstić information content (AvgIpc) is 2.81. The number of hydrogen-bond donors (Lipinski definition) is 2. The Morgan fingerprint density at radius 3 is 2.72 bits per heavy atom. The van der Waals surface area contributed by atoms with Crippen molar-refractivity contribution in [3.8, 4) is 0 Å². The first-order valence-corrected chi connectivity index (χ1v) is 7.02. The molecule has 1 aliphatic carbocycles. The summed E-state index contributed by atoms with van der Waals surface area (Å²) in [6.07, 6.45) is 8.38. The third kappa shape index (κ3) is 3.12. The molecule has 0 spiro atoms. The smallest absolute Gasteiger partial charge is 0.134 e. The van der Waals surface area contributed by atoms with Crippen molar-refractivity contribution in [2.75, 3.05) is 17.6 Å². The normalized spacial score (nSPS) is 16.4. The summed E-state index contributed by atoms with van der Waals surface area (Å²) < 4.78 is 0. The fraction of sp³-hybridized carbons (Fsp3) is 0.714. The van der Waals surface area contributed by atoms with Gasteiger partial charge in [0.25, 0.3) is 0 Å². The fourth-order valence-electron chi connectivity index (χ4n) is 2.81. The van der Waals surface area contributed by atoms with Gasteiger partial charge in [0.05, 0.1) is 0 Å². The van der Waals surface area contributed by atoms with Gasteiger partial charge in [-0.1, -0.05) is 39.5 Å². The van der Waals surface area contributed by atoms with Crippen LogP contribution in [0.2, 0.25) is 0 Å². The first-order valence-electron chi connectivity index (χ1n) is 7.02. The van der Waals surface area contributed by atoms with Gasteiger partial charge in [-0.15, -0.1) is 0 Å². The summed E-state index contributed by atoms with van der Waals surface area (Å²) in [6.45, 7) is 5.23. The van der Waals surface area contributed by atoms with Gasteiger partial charge >= 0.3 is 0 Å². The molecule has 0 bridgehead atoms. The molecular formula is C14H24N4. The van der Waals surface area contributed by atoms with Crippen LogP contribution in [0.25, 0.3) is 0 Å². The van der Waals surface area contributed by atoms with Crippen molar-refractivity contribution in [1.82, 2.24) is 9.97 Å².